The number of nitrogens with zero attached hydrogens (tertiary/aromatic N) is 2. The first-order valence-electron chi connectivity index (χ1n) is 9.35. The lowest BCUT2D eigenvalue weighted by atomic mass is 10.0. The zero-order chi connectivity index (χ0) is 22.2. The van der Waals surface area contributed by atoms with Crippen LogP contribution in [-0.4, -0.2) is 41.8 Å². The Morgan fingerprint density at radius 2 is 1.93 bits per heavy atom. The molecule has 29 heavy (non-hydrogen) atoms. The molecule has 0 aromatic carbocycles. The van der Waals surface area contributed by atoms with Crippen molar-refractivity contribution in [3.63, 3.8) is 0 Å². The summed E-state index contributed by atoms with van der Waals surface area (Å²) < 4.78 is 43.2. The summed E-state index contributed by atoms with van der Waals surface area (Å²) in [6.07, 6.45) is -4.97. The molecule has 3 N–H and O–H groups in total. The van der Waals surface area contributed by atoms with Crippen molar-refractivity contribution in [1.29, 1.82) is 0 Å². The van der Waals surface area contributed by atoms with Crippen LogP contribution in [0.3, 0.4) is 0 Å². The Labute approximate surface area is 173 Å². The fourth-order valence-corrected chi connectivity index (χ4v) is 2.85. The van der Waals surface area contributed by atoms with Gasteiger partial charge in [0, 0.05) is 18.5 Å². The van der Waals surface area contributed by atoms with Crippen molar-refractivity contribution in [3.05, 3.63) is 16.1 Å². The number of amides is 1. The van der Waals surface area contributed by atoms with Gasteiger partial charge in [-0.1, -0.05) is 13.8 Å². The number of carbonyl (C=O) groups is 1. The Balaban J connectivity index is 2.71. The third-order valence-corrected chi connectivity index (χ3v) is 4.39. The highest BCUT2D eigenvalue weighted by molar-refractivity contribution is 7.09. The Morgan fingerprint density at radius 3 is 2.41 bits per heavy atom. The van der Waals surface area contributed by atoms with E-state index in [0.29, 0.717) is 19.0 Å². The average molecular weight is 438 g/mol. The lowest BCUT2D eigenvalue weighted by molar-refractivity contribution is -0.140. The summed E-state index contributed by atoms with van der Waals surface area (Å²) in [5.74, 6) is 0.541. The number of ether oxygens (including phenoxy) is 1. The van der Waals surface area contributed by atoms with Gasteiger partial charge in [0.25, 0.3) is 0 Å². The standard InChI is InChI=1S/C18H30F3N5O2S/c1-7-22-15(24-9-14-26-13(10-29-14)18(19,20)21)23-8-12(11(2)3)25-16(27)28-17(4,5)6/h10-12H,7-9H2,1-6H3,(H,25,27)(H2,22,23,24). The molecule has 1 heterocycles. The first-order valence-corrected chi connectivity index (χ1v) is 10.2. The summed E-state index contributed by atoms with van der Waals surface area (Å²) in [6, 6.07) is -0.231. The van der Waals surface area contributed by atoms with Gasteiger partial charge in [0.2, 0.25) is 0 Å². The molecule has 0 fully saturated rings. The molecule has 1 aromatic heterocycles. The highest BCUT2D eigenvalue weighted by atomic mass is 32.1. The van der Waals surface area contributed by atoms with E-state index in [9.17, 15) is 18.0 Å². The van der Waals surface area contributed by atoms with Gasteiger partial charge in [0.05, 0.1) is 12.6 Å². The Hall–Kier alpha value is -2.04. The third-order valence-electron chi connectivity index (χ3n) is 3.56. The van der Waals surface area contributed by atoms with Gasteiger partial charge in [-0.3, -0.25) is 0 Å². The number of carbonyl (C=O) groups excluding carboxylic acids is 1. The van der Waals surface area contributed by atoms with Crippen molar-refractivity contribution in [3.8, 4) is 0 Å². The lowest BCUT2D eigenvalue weighted by Gasteiger charge is -2.26. The van der Waals surface area contributed by atoms with E-state index in [0.717, 1.165) is 16.7 Å². The van der Waals surface area contributed by atoms with Crippen LogP contribution in [0.2, 0.25) is 0 Å². The number of aromatic nitrogens is 1. The van der Waals surface area contributed by atoms with Gasteiger partial charge in [0.1, 0.15) is 10.6 Å². The lowest BCUT2D eigenvalue weighted by Crippen LogP contribution is -2.50. The predicted octanol–water partition coefficient (Wildman–Crippen LogP) is 3.77. The van der Waals surface area contributed by atoms with Crippen LogP contribution in [0.25, 0.3) is 0 Å². The summed E-state index contributed by atoms with van der Waals surface area (Å²) in [7, 11) is 0. The van der Waals surface area contributed by atoms with Gasteiger partial charge in [-0.2, -0.15) is 13.2 Å². The van der Waals surface area contributed by atoms with E-state index < -0.39 is 23.6 Å². The second kappa shape index (κ2) is 10.7. The fraction of sp³-hybridized carbons (Fsp3) is 0.722. The van der Waals surface area contributed by atoms with E-state index in [-0.39, 0.29) is 23.5 Å². The smallest absolute Gasteiger partial charge is 0.434 e. The monoisotopic (exact) mass is 437 g/mol. The van der Waals surface area contributed by atoms with Gasteiger partial charge in [-0.25, -0.2) is 14.8 Å². The molecule has 0 spiro atoms. The van der Waals surface area contributed by atoms with Crippen LogP contribution in [0, 0.1) is 5.92 Å². The van der Waals surface area contributed by atoms with Crippen molar-refractivity contribution in [2.75, 3.05) is 13.1 Å². The number of rotatable bonds is 7. The summed E-state index contributed by atoms with van der Waals surface area (Å²) in [5, 5.41) is 10.2. The summed E-state index contributed by atoms with van der Waals surface area (Å²) in [4.78, 5) is 19.9. The van der Waals surface area contributed by atoms with Crippen LogP contribution < -0.4 is 16.0 Å². The molecule has 0 saturated heterocycles. The molecule has 0 saturated carbocycles. The van der Waals surface area contributed by atoms with Crippen molar-refractivity contribution in [2.45, 2.75) is 65.9 Å². The average Bonchev–Trinajstić information content (AvgIpc) is 3.03. The van der Waals surface area contributed by atoms with E-state index >= 15 is 0 Å². The molecule has 1 unspecified atom stereocenters. The zero-order valence-electron chi connectivity index (χ0n) is 17.6. The minimum atomic E-state index is -4.46. The number of halogens is 3. The van der Waals surface area contributed by atoms with Crippen LogP contribution in [0.4, 0.5) is 18.0 Å². The molecule has 0 radical (unpaired) electrons. The van der Waals surface area contributed by atoms with Crippen LogP contribution >= 0.6 is 11.3 Å². The van der Waals surface area contributed by atoms with Gasteiger partial charge in [0.15, 0.2) is 11.7 Å². The molecule has 166 valence electrons. The number of nitrogens with one attached hydrogen (secondary N) is 3. The van der Waals surface area contributed by atoms with Crippen molar-refractivity contribution < 1.29 is 22.7 Å². The Kier molecular flexibility index (Phi) is 9.18. The molecule has 1 amide bonds. The molecule has 1 atom stereocenters. The quantitative estimate of drug-likeness (QED) is 0.447. The number of hydrogen-bond donors (Lipinski definition) is 3. The Morgan fingerprint density at radius 1 is 1.28 bits per heavy atom. The van der Waals surface area contributed by atoms with Crippen LogP contribution in [-0.2, 0) is 17.5 Å². The van der Waals surface area contributed by atoms with Gasteiger partial charge in [-0.15, -0.1) is 11.3 Å². The summed E-state index contributed by atoms with van der Waals surface area (Å²) in [5.41, 5.74) is -1.51. The predicted molar refractivity (Wildman–Crippen MR) is 108 cm³/mol. The number of alkyl halides is 3. The summed E-state index contributed by atoms with van der Waals surface area (Å²) >= 11 is 0.912. The first-order chi connectivity index (χ1) is 13.3. The number of thiazole rings is 1. The maximum atomic E-state index is 12.7. The van der Waals surface area contributed by atoms with Crippen LogP contribution in [0.1, 0.15) is 52.2 Å². The number of hydrogen-bond acceptors (Lipinski definition) is 5. The maximum Gasteiger partial charge on any atom is 0.434 e. The third kappa shape index (κ3) is 9.82. The highest BCUT2D eigenvalue weighted by Crippen LogP contribution is 2.30. The molecular weight excluding hydrogens is 407 g/mol. The molecule has 0 aliphatic rings. The second-order valence-corrected chi connectivity index (χ2v) is 8.64. The zero-order valence-corrected chi connectivity index (χ0v) is 18.4. The van der Waals surface area contributed by atoms with E-state index in [1.54, 1.807) is 20.8 Å². The largest absolute Gasteiger partial charge is 0.444 e. The highest BCUT2D eigenvalue weighted by Gasteiger charge is 2.33. The van der Waals surface area contributed by atoms with E-state index in [1.807, 2.05) is 20.8 Å². The first kappa shape index (κ1) is 25.0. The molecule has 0 aliphatic carbocycles. The summed E-state index contributed by atoms with van der Waals surface area (Å²) in [6.45, 7) is 12.1. The molecule has 0 aliphatic heterocycles. The molecule has 1 aromatic rings. The van der Waals surface area contributed by atoms with Crippen LogP contribution in [0.15, 0.2) is 10.4 Å². The number of aliphatic imine (C=N–C) groups is 1. The van der Waals surface area contributed by atoms with E-state index in [1.165, 1.54) is 0 Å². The van der Waals surface area contributed by atoms with Crippen molar-refractivity contribution in [2.24, 2.45) is 10.9 Å². The van der Waals surface area contributed by atoms with Crippen molar-refractivity contribution in [1.82, 2.24) is 20.9 Å². The molecule has 7 nitrogen and oxygen atoms in total. The SMILES string of the molecule is CCNC(=NCc1nc(C(F)(F)F)cs1)NCC(NC(=O)OC(C)(C)C)C(C)C. The van der Waals surface area contributed by atoms with E-state index in [2.05, 4.69) is 25.9 Å². The molecule has 0 bridgehead atoms. The van der Waals surface area contributed by atoms with Crippen LogP contribution in [0.5, 0.6) is 0 Å². The van der Waals surface area contributed by atoms with Gasteiger partial charge >= 0.3 is 12.3 Å². The van der Waals surface area contributed by atoms with E-state index in [4.69, 9.17) is 4.74 Å². The molecule has 1 rings (SSSR count). The molecule has 11 heteroatoms. The Bertz CT molecular complexity index is 684. The number of guanidine groups is 1. The molecular formula is C18H30F3N5O2S. The number of alkyl carbamates (subject to hydrolysis) is 1. The topological polar surface area (TPSA) is 87.6 Å². The van der Waals surface area contributed by atoms with Gasteiger partial charge < -0.3 is 20.7 Å². The fourth-order valence-electron chi connectivity index (χ4n) is 2.12. The normalized spacial score (nSPS) is 13.9. The maximum absolute atomic E-state index is 12.7. The minimum Gasteiger partial charge on any atom is -0.444 e. The van der Waals surface area contributed by atoms with Gasteiger partial charge in [-0.05, 0) is 33.6 Å². The minimum absolute atomic E-state index is 0.0158. The van der Waals surface area contributed by atoms with Crippen molar-refractivity contribution >= 4 is 23.4 Å². The second-order valence-electron chi connectivity index (χ2n) is 7.70.